The van der Waals surface area contributed by atoms with Crippen molar-refractivity contribution in [3.63, 3.8) is 0 Å². The number of nitrogens with zero attached hydrogens (tertiary/aromatic N) is 4. The van der Waals surface area contributed by atoms with Crippen molar-refractivity contribution in [1.29, 1.82) is 0 Å². The number of benzene rings is 1. The highest BCUT2D eigenvalue weighted by atomic mass is 32.2. The summed E-state index contributed by atoms with van der Waals surface area (Å²) >= 11 is 0. The van der Waals surface area contributed by atoms with E-state index >= 15 is 0 Å². The molecule has 1 N–H and O–H groups in total. The second kappa shape index (κ2) is 15.6. The number of likely N-dealkylation sites (N-methyl/N-ethyl adjacent to an activating group) is 2. The van der Waals surface area contributed by atoms with Crippen molar-refractivity contribution in [3.8, 4) is 0 Å². The van der Waals surface area contributed by atoms with Crippen molar-refractivity contribution in [2.24, 2.45) is 0 Å². The molecule has 0 radical (unpaired) electrons. The van der Waals surface area contributed by atoms with Crippen molar-refractivity contribution >= 4 is 15.7 Å². The fraction of sp³-hybridized carbons (Fsp3) is 0.731. The Morgan fingerprint density at radius 2 is 1.23 bits per heavy atom. The van der Waals surface area contributed by atoms with Gasteiger partial charge in [0.15, 0.2) is 9.84 Å². The second-order valence-electron chi connectivity index (χ2n) is 10.1. The third kappa shape index (κ3) is 12.3. The van der Waals surface area contributed by atoms with Crippen LogP contribution in [0.2, 0.25) is 0 Å². The molecule has 1 aromatic rings. The van der Waals surface area contributed by atoms with Gasteiger partial charge in [0.1, 0.15) is 0 Å². The number of hydrogen-bond donors (Lipinski definition) is 1. The molecule has 0 unspecified atom stereocenters. The molecular formula is C26H47N5O3S. The molecule has 200 valence electrons. The smallest absolute Gasteiger partial charge is 0.227 e. The summed E-state index contributed by atoms with van der Waals surface area (Å²) in [5.74, 6) is 0.890. The topological polar surface area (TPSA) is 76.2 Å². The summed E-state index contributed by atoms with van der Waals surface area (Å²) in [7, 11) is 5.47. The molecule has 35 heavy (non-hydrogen) atoms. The molecule has 1 aromatic carbocycles. The van der Waals surface area contributed by atoms with E-state index in [1.165, 1.54) is 56.6 Å². The molecule has 0 aliphatic carbocycles. The van der Waals surface area contributed by atoms with E-state index in [9.17, 15) is 13.2 Å². The number of likely N-dealkylation sites (tertiary alicyclic amines) is 1. The van der Waals surface area contributed by atoms with Crippen LogP contribution in [-0.2, 0) is 27.6 Å². The quantitative estimate of drug-likeness (QED) is 0.563. The third-order valence-electron chi connectivity index (χ3n) is 6.78. The zero-order valence-corrected chi connectivity index (χ0v) is 23.2. The maximum atomic E-state index is 11.3. The highest BCUT2D eigenvalue weighted by Gasteiger charge is 2.19. The monoisotopic (exact) mass is 509 g/mol. The minimum Gasteiger partial charge on any atom is -0.341 e. The van der Waals surface area contributed by atoms with Gasteiger partial charge in [0.05, 0.1) is 17.9 Å². The van der Waals surface area contributed by atoms with E-state index in [0.29, 0.717) is 31.0 Å². The molecule has 4 heterocycles. The van der Waals surface area contributed by atoms with Crippen molar-refractivity contribution in [3.05, 3.63) is 35.4 Å². The Balaban J connectivity index is 0.000000169. The first-order valence-electron chi connectivity index (χ1n) is 12.9. The van der Waals surface area contributed by atoms with Gasteiger partial charge >= 0.3 is 0 Å². The Bertz CT molecular complexity index is 822. The second-order valence-corrected chi connectivity index (χ2v) is 12.4. The van der Waals surface area contributed by atoms with Crippen LogP contribution in [0, 0.1) is 0 Å². The normalized spacial score (nSPS) is 22.9. The van der Waals surface area contributed by atoms with Gasteiger partial charge in [0.2, 0.25) is 5.91 Å². The lowest BCUT2D eigenvalue weighted by Crippen LogP contribution is -2.40. The van der Waals surface area contributed by atoms with Crippen molar-refractivity contribution < 1.29 is 13.2 Å². The van der Waals surface area contributed by atoms with Gasteiger partial charge in [-0.2, -0.15) is 0 Å². The lowest BCUT2D eigenvalue weighted by Gasteiger charge is -2.24. The highest BCUT2D eigenvalue weighted by molar-refractivity contribution is 7.91. The largest absolute Gasteiger partial charge is 0.341 e. The van der Waals surface area contributed by atoms with Crippen molar-refractivity contribution in [2.75, 3.05) is 92.1 Å². The molecule has 3 saturated heterocycles. The maximum Gasteiger partial charge on any atom is 0.227 e. The molecule has 8 nitrogen and oxygen atoms in total. The van der Waals surface area contributed by atoms with E-state index in [2.05, 4.69) is 35.3 Å². The first kappa shape index (κ1) is 29.7. The van der Waals surface area contributed by atoms with E-state index in [1.54, 1.807) is 4.90 Å². The lowest BCUT2D eigenvalue weighted by atomic mass is 10.00. The molecule has 0 saturated carbocycles. The van der Waals surface area contributed by atoms with Gasteiger partial charge < -0.3 is 24.9 Å². The van der Waals surface area contributed by atoms with Gasteiger partial charge in [-0.25, -0.2) is 8.42 Å². The van der Waals surface area contributed by atoms with Crippen LogP contribution in [0.4, 0.5) is 0 Å². The summed E-state index contributed by atoms with van der Waals surface area (Å²) < 4.78 is 21.5. The highest BCUT2D eigenvalue weighted by Crippen LogP contribution is 2.17. The average molecular weight is 510 g/mol. The van der Waals surface area contributed by atoms with Crippen LogP contribution >= 0.6 is 0 Å². The number of amides is 1. The molecule has 0 aromatic heterocycles. The summed E-state index contributed by atoms with van der Waals surface area (Å²) in [4.78, 5) is 19.8. The molecule has 1 amide bonds. The van der Waals surface area contributed by atoms with Crippen LogP contribution in [0.25, 0.3) is 0 Å². The Labute approximate surface area is 213 Å². The Morgan fingerprint density at radius 1 is 0.714 bits per heavy atom. The first-order valence-corrected chi connectivity index (χ1v) is 14.8. The zero-order valence-electron chi connectivity index (χ0n) is 22.3. The molecule has 0 spiro atoms. The minimum atomic E-state index is -2.66. The van der Waals surface area contributed by atoms with Crippen LogP contribution in [-0.4, -0.2) is 126 Å². The molecule has 4 aliphatic heterocycles. The van der Waals surface area contributed by atoms with E-state index in [4.69, 9.17) is 0 Å². The third-order valence-corrected chi connectivity index (χ3v) is 8.39. The minimum absolute atomic E-state index is 0.216. The number of sulfone groups is 1. The number of piperazine rings is 1. The zero-order chi connectivity index (χ0) is 25.7. The fourth-order valence-electron chi connectivity index (χ4n) is 4.16. The van der Waals surface area contributed by atoms with Crippen molar-refractivity contribution in [1.82, 2.24) is 24.9 Å². The van der Waals surface area contributed by atoms with Crippen molar-refractivity contribution in [2.45, 2.75) is 32.2 Å². The van der Waals surface area contributed by atoms with Gasteiger partial charge in [0, 0.05) is 52.9 Å². The number of carbonyl (C=O) groups is 1. The molecule has 5 rings (SSSR count). The van der Waals surface area contributed by atoms with E-state index < -0.39 is 9.84 Å². The standard InChI is InChI=1S/C10H11NO.C6H13N.C5H12N2.C5H11NO2S/c1-11-7-9-5-3-2-4-8(9)6-10(11)12;1-7-5-3-2-4-6-7;1-7-4-2-6-3-5-7;1-6-2-4-9(7,8)5-3-6/h2-5H,6-7H2,1H3;2-6H2,1H3;6H,2-5H2,1H3;2-5H2,1H3. The van der Waals surface area contributed by atoms with E-state index in [0.717, 1.165) is 19.6 Å². The Kier molecular flexibility index (Phi) is 13.2. The molecule has 0 atom stereocenters. The van der Waals surface area contributed by atoms with Crippen LogP contribution in [0.3, 0.4) is 0 Å². The van der Waals surface area contributed by atoms with Gasteiger partial charge in [-0.3, -0.25) is 4.79 Å². The fourth-order valence-corrected chi connectivity index (χ4v) is 5.54. The number of rotatable bonds is 0. The van der Waals surface area contributed by atoms with Crippen LogP contribution in [0.15, 0.2) is 24.3 Å². The molecule has 4 aliphatic rings. The van der Waals surface area contributed by atoms with Crippen LogP contribution in [0.1, 0.15) is 30.4 Å². The number of carbonyl (C=O) groups excluding carboxylic acids is 1. The van der Waals surface area contributed by atoms with E-state index in [-0.39, 0.29) is 5.91 Å². The van der Waals surface area contributed by atoms with Gasteiger partial charge in [0.25, 0.3) is 0 Å². The predicted molar refractivity (Wildman–Crippen MR) is 144 cm³/mol. The molecular weight excluding hydrogens is 462 g/mol. The summed E-state index contributed by atoms with van der Waals surface area (Å²) in [5, 5.41) is 3.27. The van der Waals surface area contributed by atoms with E-state index in [1.807, 2.05) is 37.2 Å². The average Bonchev–Trinajstić information content (AvgIpc) is 2.84. The molecule has 3 fully saturated rings. The van der Waals surface area contributed by atoms with Crippen LogP contribution in [0.5, 0.6) is 0 Å². The maximum absolute atomic E-state index is 11.3. The van der Waals surface area contributed by atoms with Crippen LogP contribution < -0.4 is 5.32 Å². The predicted octanol–water partition coefficient (Wildman–Crippen LogP) is 1.17. The number of hydrogen-bond acceptors (Lipinski definition) is 7. The van der Waals surface area contributed by atoms with Gasteiger partial charge in [-0.05, 0) is 58.2 Å². The SMILES string of the molecule is CN1CCCCC1.CN1CCNCC1.CN1CCS(=O)(=O)CC1.CN1Cc2ccccc2CC1=O. The Morgan fingerprint density at radius 3 is 1.69 bits per heavy atom. The Hall–Kier alpha value is -1.52. The first-order chi connectivity index (χ1) is 16.7. The number of fused-ring (bicyclic) bond motifs is 1. The molecule has 0 bridgehead atoms. The number of piperidine rings is 1. The van der Waals surface area contributed by atoms with Gasteiger partial charge in [-0.1, -0.05) is 30.7 Å². The summed E-state index contributed by atoms with van der Waals surface area (Å²) in [6.07, 6.45) is 4.84. The summed E-state index contributed by atoms with van der Waals surface area (Å²) in [6.45, 7) is 9.53. The van der Waals surface area contributed by atoms with Gasteiger partial charge in [-0.15, -0.1) is 0 Å². The lowest BCUT2D eigenvalue weighted by molar-refractivity contribution is -0.130. The summed E-state index contributed by atoms with van der Waals surface area (Å²) in [5.41, 5.74) is 2.46. The number of nitrogens with one attached hydrogen (secondary N) is 1. The molecule has 9 heteroatoms. The summed E-state index contributed by atoms with van der Waals surface area (Å²) in [6, 6.07) is 8.11.